The Morgan fingerprint density at radius 3 is 0.976 bits per heavy atom. The minimum atomic E-state index is -4.67. The average molecular weight is 1270 g/mol. The number of likely N-dealkylation sites (N-methyl/N-ethyl adjacent to an activating group) is 2. The van der Waals surface area contributed by atoms with E-state index in [0.717, 1.165) is 0 Å². The summed E-state index contributed by atoms with van der Waals surface area (Å²) in [4.78, 5) is 15.3. The van der Waals surface area contributed by atoms with Crippen molar-refractivity contribution >= 4 is 34.2 Å². The van der Waals surface area contributed by atoms with E-state index in [-0.39, 0.29) is 0 Å². The minimum absolute atomic E-state index is 0.493. The second kappa shape index (κ2) is 30.4. The minimum Gasteiger partial charge on any atom is -0.394 e. The fraction of sp³-hybridized carbons (Fsp3) is 0.905. The van der Waals surface area contributed by atoms with E-state index in [1.165, 1.54) is 27.9 Å². The lowest BCUT2D eigenvalue weighted by atomic mass is 9.81. The molecule has 0 aromatic carbocycles. The van der Waals surface area contributed by atoms with Crippen molar-refractivity contribution in [2.45, 2.75) is 196 Å². The molecule has 4 heterocycles. The second-order valence-electron chi connectivity index (χ2n) is 20.5. The highest BCUT2D eigenvalue weighted by molar-refractivity contribution is 7.79. The molecule has 2 saturated carbocycles. The van der Waals surface area contributed by atoms with Gasteiger partial charge in [-0.05, 0) is 27.9 Å². The molecule has 4 aliphatic heterocycles. The Labute approximate surface area is 483 Å². The molecular weight excluding hydrogens is 1180 g/mol. The number of nitrogens with one attached hydrogen (secondary N) is 2. The van der Waals surface area contributed by atoms with Gasteiger partial charge in [-0.3, -0.25) is 9.11 Å². The second-order valence-corrected chi connectivity index (χ2v) is 21.4. The van der Waals surface area contributed by atoms with E-state index in [1.54, 1.807) is 0 Å². The number of hydrogen-bond donors (Lipinski definition) is 28. The molecule has 36 N–H and O–H groups in total. The van der Waals surface area contributed by atoms with Gasteiger partial charge in [0.15, 0.2) is 49.0 Å². The summed E-state index contributed by atoms with van der Waals surface area (Å²) in [7, 11) is -1.79. The van der Waals surface area contributed by atoms with Crippen molar-refractivity contribution in [3.05, 3.63) is 0 Å². The summed E-state index contributed by atoms with van der Waals surface area (Å²) in [6, 6.07) is -8.01. The van der Waals surface area contributed by atoms with Crippen LogP contribution in [0.15, 0.2) is 20.0 Å². The van der Waals surface area contributed by atoms with Gasteiger partial charge in [0.1, 0.15) is 133 Å². The lowest BCUT2D eigenvalue weighted by Crippen LogP contribution is -2.66. The van der Waals surface area contributed by atoms with E-state index in [1.807, 2.05) is 0 Å². The van der Waals surface area contributed by atoms with Gasteiger partial charge in [-0.25, -0.2) is 20.0 Å². The van der Waals surface area contributed by atoms with Crippen molar-refractivity contribution in [3.63, 3.8) is 0 Å². The molecule has 0 bridgehead atoms. The number of guanidine groups is 4. The van der Waals surface area contributed by atoms with Crippen LogP contribution in [0, 0.1) is 0 Å². The van der Waals surface area contributed by atoms with Gasteiger partial charge in [-0.1, -0.05) is 0 Å². The summed E-state index contributed by atoms with van der Waals surface area (Å²) in [5, 5.41) is 174. The summed E-state index contributed by atoms with van der Waals surface area (Å²) in [6.07, 6.45) is -33.9. The van der Waals surface area contributed by atoms with Crippen LogP contribution in [0.5, 0.6) is 0 Å². The van der Waals surface area contributed by atoms with Crippen LogP contribution in [0.25, 0.3) is 0 Å². The molecule has 43 heteroatoms. The van der Waals surface area contributed by atoms with E-state index >= 15 is 0 Å². The van der Waals surface area contributed by atoms with Crippen molar-refractivity contribution in [3.8, 4) is 0 Å². The van der Waals surface area contributed by atoms with Crippen molar-refractivity contribution in [1.29, 1.82) is 0 Å². The quantitative estimate of drug-likeness (QED) is 0.0344. The van der Waals surface area contributed by atoms with Crippen molar-refractivity contribution < 1.29 is 137 Å². The van der Waals surface area contributed by atoms with Gasteiger partial charge in [-0.2, -0.15) is 8.42 Å². The Hall–Kier alpha value is -4.09. The smallest absolute Gasteiger partial charge is 0.394 e. The Morgan fingerprint density at radius 1 is 0.447 bits per heavy atom. The monoisotopic (exact) mass is 1260 g/mol. The topological polar surface area (TPSA) is 754 Å². The summed E-state index contributed by atoms with van der Waals surface area (Å²) in [6.45, 7) is -0.397. The Kier molecular flexibility index (Phi) is 26.3. The number of rotatable bonds is 18. The van der Waals surface area contributed by atoms with E-state index in [2.05, 4.69) is 30.6 Å². The van der Waals surface area contributed by atoms with Crippen LogP contribution in [0.4, 0.5) is 0 Å². The molecule has 85 heavy (non-hydrogen) atoms. The van der Waals surface area contributed by atoms with Crippen LogP contribution >= 0.6 is 0 Å². The van der Waals surface area contributed by atoms with Gasteiger partial charge in [0.25, 0.3) is 0 Å². The summed E-state index contributed by atoms with van der Waals surface area (Å²) in [5.74, 6) is -2.01. The lowest BCUT2D eigenvalue weighted by Gasteiger charge is -2.45. The van der Waals surface area contributed by atoms with Gasteiger partial charge in [0.2, 0.25) is 0 Å². The van der Waals surface area contributed by atoms with Crippen molar-refractivity contribution in [2.24, 2.45) is 65.8 Å². The lowest BCUT2D eigenvalue weighted by molar-refractivity contribution is -0.317. The van der Waals surface area contributed by atoms with E-state index in [4.69, 9.17) is 101 Å². The highest BCUT2D eigenvalue weighted by atomic mass is 32.3. The predicted octanol–water partition coefficient (Wildman–Crippen LogP) is -17.4. The maximum absolute atomic E-state index is 11.3. The highest BCUT2D eigenvalue weighted by Crippen LogP contribution is 2.41. The van der Waals surface area contributed by atoms with Crippen LogP contribution in [-0.4, -0.2) is 346 Å². The summed E-state index contributed by atoms with van der Waals surface area (Å²) < 4.78 is 77.9. The maximum atomic E-state index is 11.3. The van der Waals surface area contributed by atoms with Crippen LogP contribution < -0.4 is 56.5 Å². The number of aliphatic imine (C=N–C) groups is 4. The van der Waals surface area contributed by atoms with Gasteiger partial charge in [0, 0.05) is 0 Å². The molecule has 0 radical (unpaired) electrons. The van der Waals surface area contributed by atoms with Crippen LogP contribution in [-0.2, 0) is 48.3 Å². The number of hydrogen-bond acceptors (Lipinski definition) is 32. The first kappa shape index (κ1) is 73.4. The predicted molar refractivity (Wildman–Crippen MR) is 282 cm³/mol. The number of ether oxygens (including phenoxy) is 8. The van der Waals surface area contributed by atoms with Gasteiger partial charge >= 0.3 is 10.4 Å². The molecule has 0 unspecified atom stereocenters. The molecular formula is C42H84N14O28S. The number of aliphatic hydroxyl groups excluding tert-OH is 14. The van der Waals surface area contributed by atoms with E-state index < -0.39 is 243 Å². The fourth-order valence-electron chi connectivity index (χ4n) is 10.3. The van der Waals surface area contributed by atoms with Crippen LogP contribution in [0.1, 0.15) is 13.8 Å². The number of nitrogens with zero attached hydrogens (tertiary/aromatic N) is 4. The third-order valence-electron chi connectivity index (χ3n) is 15.0. The molecule has 42 nitrogen and oxygen atoms in total. The molecule has 4 saturated heterocycles. The molecule has 6 aliphatic rings. The number of aliphatic hydroxyl groups is 16. The molecule has 6 rings (SSSR count). The fourth-order valence-corrected chi connectivity index (χ4v) is 10.3. The first-order valence-electron chi connectivity index (χ1n) is 25.7. The van der Waals surface area contributed by atoms with Gasteiger partial charge < -0.3 is 176 Å². The molecule has 2 aliphatic carbocycles. The summed E-state index contributed by atoms with van der Waals surface area (Å²) >= 11 is 0. The molecule has 6 fully saturated rings. The first-order valence-corrected chi connectivity index (χ1v) is 27.1. The molecule has 0 aromatic rings. The average Bonchev–Trinajstić information content (AvgIpc) is 1.82. The van der Waals surface area contributed by atoms with Crippen LogP contribution in [0.2, 0.25) is 0 Å². The normalized spacial score (nSPS) is 45.4. The zero-order chi connectivity index (χ0) is 64.7. The van der Waals surface area contributed by atoms with E-state index in [0.29, 0.717) is 0 Å². The highest BCUT2D eigenvalue weighted by Gasteiger charge is 2.63. The SMILES string of the molecule is CN[C@@H]1[C@H](O[C@H]2[C@H](O[C@H]3[C@H](O)[C@@H](O)[C@H](N=C(N)N)[C@@H](O)[C@@H]3N=C(N)N)O[C@@H](C)[C@]2(O)CO)O[C@@H](CO)[C@H](O)[C@H]1O.CN[C@@H]1[C@H](O[C@H]2[C@H](O[C@H]3[C@H](O)[C@@H](O)[C@H](N=C(N)N)[C@@H](O)[C@@H]3N=C(N)N)O[C@@H](C)[C@]2(O)CO)O[C@@H](CO)[C@H](O)[C@H]1O.O=S(=O)(O)O. The maximum Gasteiger partial charge on any atom is 0.394 e. The molecule has 30 atom stereocenters. The van der Waals surface area contributed by atoms with Gasteiger partial charge in [-0.15, -0.1) is 0 Å². The van der Waals surface area contributed by atoms with Crippen LogP contribution in [0.3, 0.4) is 0 Å². The Balaban J connectivity index is 0.000000337. The molecule has 0 amide bonds. The first-order chi connectivity index (χ1) is 39.4. The van der Waals surface area contributed by atoms with Gasteiger partial charge in [0.05, 0.1) is 50.7 Å². The van der Waals surface area contributed by atoms with Crippen molar-refractivity contribution in [2.75, 3.05) is 40.5 Å². The number of nitrogens with two attached hydrogens (primary N) is 8. The van der Waals surface area contributed by atoms with E-state index in [9.17, 15) is 81.7 Å². The zero-order valence-electron chi connectivity index (χ0n) is 45.9. The molecule has 0 aromatic heterocycles. The largest absolute Gasteiger partial charge is 0.394 e. The standard InChI is InChI=1S/2C21H41N7O12.H2O4S/c2*1-5-21(36,4-30)16(40-17-9(26-2)13(34)10(31)6(3-29)38-17)18(37-5)39-15-8(28-20(24)25)11(32)7(27-19(22)23)12(33)14(15)35;1-5(2,3)4/h2*5-18,26,29-36H,3-4H2,1-2H3,(H4,22,23,27)(H4,24,25,28);(H2,1,2,3,4)/t2*5-,6-,7+,8-,9-,10-,11+,12-,13-,14+,15+,16-,17-,18-,21+;/m00./s1. The summed E-state index contributed by atoms with van der Waals surface area (Å²) in [5.41, 5.74) is 39.3. The Morgan fingerprint density at radius 2 is 0.729 bits per heavy atom. The van der Waals surface area contributed by atoms with Crippen molar-refractivity contribution in [1.82, 2.24) is 10.6 Å². The third kappa shape index (κ3) is 16.8. The molecule has 496 valence electrons. The zero-order valence-corrected chi connectivity index (χ0v) is 46.8. The molecule has 0 spiro atoms. The Bertz CT molecular complexity index is 2200. The third-order valence-corrected chi connectivity index (χ3v) is 15.0.